The second-order valence-corrected chi connectivity index (χ2v) is 6.74. The fourth-order valence-corrected chi connectivity index (χ4v) is 2.61. The van der Waals surface area contributed by atoms with Crippen LogP contribution in [0.25, 0.3) is 0 Å². The largest absolute Gasteiger partial charge is 0.478 e. The lowest BCUT2D eigenvalue weighted by Gasteiger charge is -2.29. The zero-order valence-corrected chi connectivity index (χ0v) is 14.4. The summed E-state index contributed by atoms with van der Waals surface area (Å²) in [6.45, 7) is 8.16. The van der Waals surface area contributed by atoms with Gasteiger partial charge in [-0.25, -0.2) is 0 Å². The Kier molecular flexibility index (Phi) is 5.35. The summed E-state index contributed by atoms with van der Waals surface area (Å²) >= 11 is 6.01. The van der Waals surface area contributed by atoms with E-state index in [9.17, 15) is 4.79 Å². The summed E-state index contributed by atoms with van der Waals surface area (Å²) in [5.74, 6) is 0.481. The molecule has 0 aliphatic carbocycles. The Hall–Kier alpha value is -1.26. The molecule has 1 aromatic carbocycles. The zero-order valence-electron chi connectivity index (χ0n) is 13.6. The molecule has 22 heavy (non-hydrogen) atoms. The van der Waals surface area contributed by atoms with Gasteiger partial charge in [-0.2, -0.15) is 0 Å². The van der Waals surface area contributed by atoms with E-state index in [1.165, 1.54) is 0 Å². The van der Waals surface area contributed by atoms with Crippen molar-refractivity contribution in [2.45, 2.75) is 58.3 Å². The Morgan fingerprint density at radius 3 is 2.82 bits per heavy atom. The molecule has 0 bridgehead atoms. The Morgan fingerprint density at radius 2 is 2.23 bits per heavy atom. The van der Waals surface area contributed by atoms with Crippen molar-refractivity contribution in [3.63, 3.8) is 0 Å². The standard InChI is InChI=1S/C17H24ClNO3/c1-11-10-13(7-8-14(11)18)22-17(3,4)16(20)19-12(2)15-6-5-9-21-15/h7-8,10,12,15H,5-6,9H2,1-4H3,(H,19,20)/t12-,15-/m0/s1. The summed E-state index contributed by atoms with van der Waals surface area (Å²) in [5.41, 5.74) is -0.0456. The number of hydrogen-bond donors (Lipinski definition) is 1. The van der Waals surface area contributed by atoms with E-state index >= 15 is 0 Å². The molecular weight excluding hydrogens is 302 g/mol. The van der Waals surface area contributed by atoms with Crippen molar-refractivity contribution in [1.29, 1.82) is 0 Å². The number of ether oxygens (including phenoxy) is 2. The monoisotopic (exact) mass is 325 g/mol. The second-order valence-electron chi connectivity index (χ2n) is 6.34. The Bertz CT molecular complexity index is 539. The number of nitrogens with one attached hydrogen (secondary N) is 1. The number of carbonyl (C=O) groups is 1. The average Bonchev–Trinajstić information content (AvgIpc) is 2.96. The number of hydrogen-bond acceptors (Lipinski definition) is 3. The van der Waals surface area contributed by atoms with Gasteiger partial charge in [-0.1, -0.05) is 11.6 Å². The maximum atomic E-state index is 12.5. The van der Waals surface area contributed by atoms with Crippen LogP contribution >= 0.6 is 11.6 Å². The quantitative estimate of drug-likeness (QED) is 0.901. The fourth-order valence-electron chi connectivity index (χ4n) is 2.49. The van der Waals surface area contributed by atoms with Gasteiger partial charge in [-0.3, -0.25) is 4.79 Å². The maximum Gasteiger partial charge on any atom is 0.263 e. The molecule has 1 saturated heterocycles. The minimum Gasteiger partial charge on any atom is -0.478 e. The first-order valence-electron chi connectivity index (χ1n) is 7.67. The van der Waals surface area contributed by atoms with Crippen molar-refractivity contribution in [1.82, 2.24) is 5.32 Å². The van der Waals surface area contributed by atoms with Crippen LogP contribution in [0, 0.1) is 6.92 Å². The van der Waals surface area contributed by atoms with E-state index in [1.807, 2.05) is 19.9 Å². The first-order chi connectivity index (χ1) is 10.3. The van der Waals surface area contributed by atoms with Gasteiger partial charge in [0, 0.05) is 11.6 Å². The van der Waals surface area contributed by atoms with Crippen molar-refractivity contribution < 1.29 is 14.3 Å². The maximum absolute atomic E-state index is 12.5. The minimum absolute atomic E-state index is 0.0233. The highest BCUT2D eigenvalue weighted by Gasteiger charge is 2.33. The molecule has 5 heteroatoms. The second kappa shape index (κ2) is 6.88. The smallest absolute Gasteiger partial charge is 0.263 e. The van der Waals surface area contributed by atoms with Crippen LogP contribution in [0.15, 0.2) is 18.2 Å². The lowest BCUT2D eigenvalue weighted by molar-refractivity contribution is -0.135. The molecule has 0 saturated carbocycles. The molecule has 122 valence electrons. The number of rotatable bonds is 5. The van der Waals surface area contributed by atoms with Crippen LogP contribution in [0.1, 0.15) is 39.2 Å². The first kappa shape index (κ1) is 17.1. The summed E-state index contributed by atoms with van der Waals surface area (Å²) in [7, 11) is 0. The van der Waals surface area contributed by atoms with Gasteiger partial charge in [0.15, 0.2) is 5.60 Å². The zero-order chi connectivity index (χ0) is 16.3. The van der Waals surface area contributed by atoms with E-state index in [1.54, 1.807) is 26.0 Å². The summed E-state index contributed by atoms with van der Waals surface area (Å²) in [6.07, 6.45) is 2.13. The molecule has 1 fully saturated rings. The summed E-state index contributed by atoms with van der Waals surface area (Å²) < 4.78 is 11.5. The van der Waals surface area contributed by atoms with Crippen LogP contribution in [-0.4, -0.2) is 30.3 Å². The van der Waals surface area contributed by atoms with Gasteiger partial charge < -0.3 is 14.8 Å². The molecule has 1 heterocycles. The van der Waals surface area contributed by atoms with E-state index in [2.05, 4.69) is 5.32 Å². The van der Waals surface area contributed by atoms with Crippen molar-refractivity contribution in [2.75, 3.05) is 6.61 Å². The van der Waals surface area contributed by atoms with Crippen LogP contribution in [0.3, 0.4) is 0 Å². The van der Waals surface area contributed by atoms with Gasteiger partial charge in [0.2, 0.25) is 0 Å². The van der Waals surface area contributed by atoms with Crippen molar-refractivity contribution in [3.8, 4) is 5.75 Å². The molecule has 1 N–H and O–H groups in total. The van der Waals surface area contributed by atoms with Crippen molar-refractivity contribution >= 4 is 17.5 Å². The molecule has 4 nitrogen and oxygen atoms in total. The molecule has 0 aromatic heterocycles. The van der Waals surface area contributed by atoms with Gasteiger partial charge in [0.05, 0.1) is 12.1 Å². The lowest BCUT2D eigenvalue weighted by Crippen LogP contribution is -2.52. The predicted molar refractivity (Wildman–Crippen MR) is 87.5 cm³/mol. The topological polar surface area (TPSA) is 47.6 Å². The normalized spacial score (nSPS) is 19.8. The molecule has 1 aromatic rings. The number of amides is 1. The molecule has 2 atom stereocenters. The molecule has 0 spiro atoms. The van der Waals surface area contributed by atoms with Gasteiger partial charge in [-0.05, 0) is 64.3 Å². The molecule has 0 unspecified atom stereocenters. The van der Waals surface area contributed by atoms with Gasteiger partial charge in [0.1, 0.15) is 5.75 Å². The molecule has 1 aliphatic rings. The third-order valence-corrected chi connectivity index (χ3v) is 4.35. The highest BCUT2D eigenvalue weighted by Crippen LogP contribution is 2.25. The van der Waals surface area contributed by atoms with E-state index in [0.29, 0.717) is 10.8 Å². The van der Waals surface area contributed by atoms with Crippen LogP contribution in [0.2, 0.25) is 5.02 Å². The van der Waals surface area contributed by atoms with Crippen LogP contribution in [0.4, 0.5) is 0 Å². The number of halogens is 1. The third-order valence-electron chi connectivity index (χ3n) is 3.93. The Morgan fingerprint density at radius 1 is 1.50 bits per heavy atom. The summed E-state index contributed by atoms with van der Waals surface area (Å²) in [6, 6.07) is 5.36. The van der Waals surface area contributed by atoms with Gasteiger partial charge in [-0.15, -0.1) is 0 Å². The Balaban J connectivity index is 1.98. The van der Waals surface area contributed by atoms with Gasteiger partial charge >= 0.3 is 0 Å². The van der Waals surface area contributed by atoms with Crippen molar-refractivity contribution in [2.24, 2.45) is 0 Å². The van der Waals surface area contributed by atoms with E-state index in [0.717, 1.165) is 25.0 Å². The summed E-state index contributed by atoms with van der Waals surface area (Å²) in [5, 5.41) is 3.68. The number of carbonyl (C=O) groups excluding carboxylic acids is 1. The fraction of sp³-hybridized carbons (Fsp3) is 0.588. The minimum atomic E-state index is -0.965. The van der Waals surface area contributed by atoms with Crippen LogP contribution in [0.5, 0.6) is 5.75 Å². The molecule has 1 amide bonds. The highest BCUT2D eigenvalue weighted by molar-refractivity contribution is 6.31. The van der Waals surface area contributed by atoms with E-state index in [4.69, 9.17) is 21.1 Å². The van der Waals surface area contributed by atoms with Gasteiger partial charge in [0.25, 0.3) is 5.91 Å². The number of benzene rings is 1. The van der Waals surface area contributed by atoms with E-state index in [-0.39, 0.29) is 18.1 Å². The first-order valence-corrected chi connectivity index (χ1v) is 8.05. The average molecular weight is 326 g/mol. The highest BCUT2D eigenvalue weighted by atomic mass is 35.5. The van der Waals surface area contributed by atoms with E-state index < -0.39 is 5.60 Å². The summed E-state index contributed by atoms with van der Waals surface area (Å²) in [4.78, 5) is 12.5. The van der Waals surface area contributed by atoms with Crippen LogP contribution in [-0.2, 0) is 9.53 Å². The Labute approximate surface area is 137 Å². The molecule has 2 rings (SSSR count). The SMILES string of the molecule is Cc1cc(OC(C)(C)C(=O)N[C@@H](C)[C@@H]2CCCO2)ccc1Cl. The van der Waals surface area contributed by atoms with Crippen molar-refractivity contribution in [3.05, 3.63) is 28.8 Å². The lowest BCUT2D eigenvalue weighted by atomic mass is 10.1. The molecule has 0 radical (unpaired) electrons. The third kappa shape index (κ3) is 4.14. The molecular formula is C17H24ClNO3. The van der Waals surface area contributed by atoms with Crippen LogP contribution < -0.4 is 10.1 Å². The number of aryl methyl sites for hydroxylation is 1. The molecule has 1 aliphatic heterocycles. The predicted octanol–water partition coefficient (Wildman–Crippen LogP) is 3.49.